The standard InChI is InChI=1S/C17H21N3/c1-13-19-11-9-15(12-14-6-3-4-7-16(14)19)20(13)17-8-5-10-18(17)2/h3-8,10,13,15H,9,11-12H2,1-2H3. The van der Waals surface area contributed by atoms with Gasteiger partial charge < -0.3 is 14.4 Å². The van der Waals surface area contributed by atoms with Gasteiger partial charge in [0, 0.05) is 31.5 Å². The van der Waals surface area contributed by atoms with Gasteiger partial charge in [0.15, 0.2) is 0 Å². The van der Waals surface area contributed by atoms with Crippen molar-refractivity contribution in [3.05, 3.63) is 48.2 Å². The first-order chi connectivity index (χ1) is 9.75. The van der Waals surface area contributed by atoms with E-state index in [1.54, 1.807) is 0 Å². The van der Waals surface area contributed by atoms with Crippen LogP contribution in [0.1, 0.15) is 18.9 Å². The second-order valence-electron chi connectivity index (χ2n) is 5.99. The lowest BCUT2D eigenvalue weighted by Gasteiger charge is -2.46. The monoisotopic (exact) mass is 267 g/mol. The largest absolute Gasteiger partial charge is 0.351 e. The molecule has 1 saturated heterocycles. The molecule has 2 atom stereocenters. The van der Waals surface area contributed by atoms with Gasteiger partial charge in [-0.25, -0.2) is 0 Å². The van der Waals surface area contributed by atoms with Crippen LogP contribution in [0, 0.1) is 0 Å². The molecule has 2 bridgehead atoms. The first kappa shape index (κ1) is 11.9. The molecule has 3 nitrogen and oxygen atoms in total. The third-order valence-corrected chi connectivity index (χ3v) is 4.89. The Hall–Kier alpha value is -1.90. The Kier molecular flexibility index (Phi) is 2.56. The van der Waals surface area contributed by atoms with Crippen molar-refractivity contribution in [1.29, 1.82) is 0 Å². The molecule has 2 aromatic rings. The first-order valence-electron chi connectivity index (χ1n) is 7.50. The quantitative estimate of drug-likeness (QED) is 0.787. The zero-order valence-corrected chi connectivity index (χ0v) is 12.2. The van der Waals surface area contributed by atoms with Crippen molar-refractivity contribution in [3.63, 3.8) is 0 Å². The van der Waals surface area contributed by atoms with Crippen molar-refractivity contribution in [3.8, 4) is 0 Å². The Labute approximate surface area is 120 Å². The number of fused-ring (bicyclic) bond motifs is 2. The molecular formula is C17H21N3. The van der Waals surface area contributed by atoms with Crippen LogP contribution in [0.2, 0.25) is 0 Å². The number of para-hydroxylation sites is 1. The van der Waals surface area contributed by atoms with Crippen molar-refractivity contribution in [2.45, 2.75) is 32.0 Å². The van der Waals surface area contributed by atoms with Crippen molar-refractivity contribution in [2.75, 3.05) is 16.3 Å². The van der Waals surface area contributed by atoms with Crippen molar-refractivity contribution < 1.29 is 0 Å². The molecule has 104 valence electrons. The zero-order chi connectivity index (χ0) is 13.7. The summed E-state index contributed by atoms with van der Waals surface area (Å²) >= 11 is 0. The fourth-order valence-electron chi connectivity index (χ4n) is 3.91. The molecule has 5 rings (SSSR count). The summed E-state index contributed by atoms with van der Waals surface area (Å²) in [5, 5.41) is 0. The molecule has 3 aliphatic heterocycles. The Morgan fingerprint density at radius 1 is 1.10 bits per heavy atom. The minimum absolute atomic E-state index is 0.422. The molecule has 0 radical (unpaired) electrons. The topological polar surface area (TPSA) is 11.4 Å². The minimum atomic E-state index is 0.422. The van der Waals surface area contributed by atoms with Crippen LogP contribution in [0.5, 0.6) is 0 Å². The molecule has 0 spiro atoms. The van der Waals surface area contributed by atoms with E-state index in [0.717, 1.165) is 6.42 Å². The molecule has 3 heteroatoms. The predicted octanol–water partition coefficient (Wildman–Crippen LogP) is 3.01. The molecule has 4 heterocycles. The van der Waals surface area contributed by atoms with E-state index in [1.165, 1.54) is 30.0 Å². The summed E-state index contributed by atoms with van der Waals surface area (Å²) in [6.45, 7) is 3.50. The van der Waals surface area contributed by atoms with Crippen LogP contribution in [0.3, 0.4) is 0 Å². The summed E-state index contributed by atoms with van der Waals surface area (Å²) in [6.07, 6.45) is 4.96. The molecule has 0 amide bonds. The van der Waals surface area contributed by atoms with E-state index in [1.807, 2.05) is 0 Å². The average Bonchev–Trinajstić information content (AvgIpc) is 2.72. The number of rotatable bonds is 1. The number of nitrogens with zero attached hydrogens (tertiary/aromatic N) is 3. The van der Waals surface area contributed by atoms with Gasteiger partial charge in [0.1, 0.15) is 12.0 Å². The lowest BCUT2D eigenvalue weighted by atomic mass is 10.0. The van der Waals surface area contributed by atoms with Crippen LogP contribution in [-0.4, -0.2) is 23.3 Å². The van der Waals surface area contributed by atoms with Gasteiger partial charge >= 0.3 is 0 Å². The first-order valence-corrected chi connectivity index (χ1v) is 7.50. The van der Waals surface area contributed by atoms with Crippen LogP contribution < -0.4 is 9.80 Å². The maximum absolute atomic E-state index is 2.60. The number of aryl methyl sites for hydroxylation is 1. The SMILES string of the molecule is CC1N2CCC(Cc3ccccc32)N1c1cccn1C. The summed E-state index contributed by atoms with van der Waals surface area (Å²) < 4.78 is 2.24. The van der Waals surface area contributed by atoms with Gasteiger partial charge in [-0.2, -0.15) is 0 Å². The molecule has 0 N–H and O–H groups in total. The number of aromatic nitrogens is 1. The summed E-state index contributed by atoms with van der Waals surface area (Å²) in [5.41, 5.74) is 2.93. The van der Waals surface area contributed by atoms with Crippen LogP contribution in [0.15, 0.2) is 42.6 Å². The molecule has 20 heavy (non-hydrogen) atoms. The maximum atomic E-state index is 2.60. The van der Waals surface area contributed by atoms with Crippen molar-refractivity contribution in [1.82, 2.24) is 4.57 Å². The van der Waals surface area contributed by atoms with Crippen LogP contribution in [0.4, 0.5) is 11.5 Å². The van der Waals surface area contributed by atoms with Gasteiger partial charge in [0.2, 0.25) is 0 Å². The highest BCUT2D eigenvalue weighted by Gasteiger charge is 2.38. The Balaban J connectivity index is 1.82. The molecular weight excluding hydrogens is 246 g/mol. The second kappa shape index (κ2) is 4.30. The summed E-state index contributed by atoms with van der Waals surface area (Å²) in [6, 6.07) is 13.9. The fourth-order valence-corrected chi connectivity index (χ4v) is 3.91. The summed E-state index contributed by atoms with van der Waals surface area (Å²) in [7, 11) is 2.14. The fraction of sp³-hybridized carbons (Fsp3) is 0.412. The average molecular weight is 267 g/mol. The molecule has 1 aromatic carbocycles. The molecule has 0 saturated carbocycles. The lowest BCUT2D eigenvalue weighted by molar-refractivity contribution is 0.428. The maximum Gasteiger partial charge on any atom is 0.110 e. The van der Waals surface area contributed by atoms with Crippen molar-refractivity contribution >= 4 is 11.5 Å². The normalized spacial score (nSPS) is 24.7. The Bertz CT molecular complexity index is 629. The zero-order valence-electron chi connectivity index (χ0n) is 12.2. The summed E-state index contributed by atoms with van der Waals surface area (Å²) in [5.74, 6) is 1.33. The van der Waals surface area contributed by atoms with Crippen LogP contribution >= 0.6 is 0 Å². The lowest BCUT2D eigenvalue weighted by Crippen LogP contribution is -2.56. The van der Waals surface area contributed by atoms with E-state index in [-0.39, 0.29) is 0 Å². The van der Waals surface area contributed by atoms with E-state index in [2.05, 4.69) is 70.9 Å². The molecule has 1 aromatic heterocycles. The van der Waals surface area contributed by atoms with E-state index in [4.69, 9.17) is 0 Å². The second-order valence-corrected chi connectivity index (χ2v) is 5.99. The van der Waals surface area contributed by atoms with Gasteiger partial charge in [-0.1, -0.05) is 18.2 Å². The van der Waals surface area contributed by atoms with E-state index < -0.39 is 0 Å². The number of hydrogen-bond acceptors (Lipinski definition) is 2. The van der Waals surface area contributed by atoms with Crippen LogP contribution in [0.25, 0.3) is 0 Å². The van der Waals surface area contributed by atoms with Crippen molar-refractivity contribution in [2.24, 2.45) is 7.05 Å². The van der Waals surface area contributed by atoms with E-state index >= 15 is 0 Å². The van der Waals surface area contributed by atoms with Crippen LogP contribution in [-0.2, 0) is 13.5 Å². The Morgan fingerprint density at radius 2 is 1.95 bits per heavy atom. The van der Waals surface area contributed by atoms with Gasteiger partial charge in [-0.05, 0) is 43.5 Å². The molecule has 2 unspecified atom stereocenters. The Morgan fingerprint density at radius 3 is 2.75 bits per heavy atom. The number of anilines is 2. The molecule has 3 aliphatic rings. The highest BCUT2D eigenvalue weighted by atomic mass is 15.4. The third-order valence-electron chi connectivity index (χ3n) is 4.89. The van der Waals surface area contributed by atoms with Gasteiger partial charge in [-0.15, -0.1) is 0 Å². The highest BCUT2D eigenvalue weighted by molar-refractivity contribution is 5.61. The minimum Gasteiger partial charge on any atom is -0.351 e. The predicted molar refractivity (Wildman–Crippen MR) is 83.3 cm³/mol. The van der Waals surface area contributed by atoms with Gasteiger partial charge in [-0.3, -0.25) is 0 Å². The van der Waals surface area contributed by atoms with E-state index in [9.17, 15) is 0 Å². The van der Waals surface area contributed by atoms with E-state index in [0.29, 0.717) is 12.2 Å². The summed E-state index contributed by atoms with van der Waals surface area (Å²) in [4.78, 5) is 5.16. The molecule has 0 aliphatic carbocycles. The molecule has 1 fully saturated rings. The third kappa shape index (κ3) is 1.59. The highest BCUT2D eigenvalue weighted by Crippen LogP contribution is 2.38. The van der Waals surface area contributed by atoms with Gasteiger partial charge in [0.25, 0.3) is 0 Å². The number of hydrogen-bond donors (Lipinski definition) is 0. The van der Waals surface area contributed by atoms with Gasteiger partial charge in [0.05, 0.1) is 0 Å². The number of benzene rings is 1. The smallest absolute Gasteiger partial charge is 0.110 e.